The predicted octanol–water partition coefficient (Wildman–Crippen LogP) is 1.38. The van der Waals surface area contributed by atoms with E-state index in [0.29, 0.717) is 13.2 Å². The normalized spacial score (nSPS) is 11.1. The van der Waals surface area contributed by atoms with Crippen LogP contribution >= 0.6 is 11.5 Å². The fourth-order valence-electron chi connectivity index (χ4n) is 1.79. The zero-order valence-electron chi connectivity index (χ0n) is 11.0. The number of methoxy groups -OCH3 is 1. The first kappa shape index (κ1) is 12.9. The SMILES string of the molecule is COCCc1nsc(NCc2nnc3ccccn23)n1. The zero-order valence-corrected chi connectivity index (χ0v) is 11.8. The molecule has 0 radical (unpaired) electrons. The van der Waals surface area contributed by atoms with Crippen LogP contribution < -0.4 is 5.32 Å². The molecule has 0 spiro atoms. The van der Waals surface area contributed by atoms with Crippen molar-refractivity contribution in [3.8, 4) is 0 Å². The average molecular weight is 290 g/mol. The van der Waals surface area contributed by atoms with Crippen molar-refractivity contribution in [1.29, 1.82) is 0 Å². The zero-order chi connectivity index (χ0) is 13.8. The van der Waals surface area contributed by atoms with E-state index in [9.17, 15) is 0 Å². The summed E-state index contributed by atoms with van der Waals surface area (Å²) in [5, 5.41) is 12.3. The summed E-state index contributed by atoms with van der Waals surface area (Å²) in [5.41, 5.74) is 0.836. The highest BCUT2D eigenvalue weighted by molar-refractivity contribution is 7.09. The van der Waals surface area contributed by atoms with Gasteiger partial charge in [0, 0.05) is 31.3 Å². The van der Waals surface area contributed by atoms with Crippen LogP contribution in [-0.4, -0.2) is 37.7 Å². The summed E-state index contributed by atoms with van der Waals surface area (Å²) < 4.78 is 11.2. The minimum Gasteiger partial charge on any atom is -0.384 e. The molecule has 1 N–H and O–H groups in total. The molecule has 3 aromatic rings. The van der Waals surface area contributed by atoms with E-state index in [2.05, 4.69) is 24.9 Å². The molecule has 0 aromatic carbocycles. The molecule has 104 valence electrons. The third-order valence-electron chi connectivity index (χ3n) is 2.78. The van der Waals surface area contributed by atoms with Crippen LogP contribution in [0.5, 0.6) is 0 Å². The van der Waals surface area contributed by atoms with Crippen LogP contribution in [0, 0.1) is 0 Å². The van der Waals surface area contributed by atoms with Crippen LogP contribution in [-0.2, 0) is 17.7 Å². The topological polar surface area (TPSA) is 77.2 Å². The van der Waals surface area contributed by atoms with Gasteiger partial charge in [-0.3, -0.25) is 4.40 Å². The van der Waals surface area contributed by atoms with Crippen LogP contribution in [0.2, 0.25) is 0 Å². The van der Waals surface area contributed by atoms with Gasteiger partial charge in [0.25, 0.3) is 0 Å². The van der Waals surface area contributed by atoms with E-state index >= 15 is 0 Å². The highest BCUT2D eigenvalue weighted by Gasteiger charge is 2.07. The molecule has 0 unspecified atom stereocenters. The second kappa shape index (κ2) is 5.93. The van der Waals surface area contributed by atoms with E-state index in [0.717, 1.165) is 28.8 Å². The summed E-state index contributed by atoms with van der Waals surface area (Å²) in [5.74, 6) is 1.64. The Morgan fingerprint density at radius 2 is 2.30 bits per heavy atom. The van der Waals surface area contributed by atoms with Crippen molar-refractivity contribution >= 4 is 22.3 Å². The third kappa shape index (κ3) is 2.75. The van der Waals surface area contributed by atoms with Crippen LogP contribution in [0.4, 0.5) is 5.13 Å². The number of rotatable bonds is 6. The molecule has 8 heteroatoms. The second-order valence-electron chi connectivity index (χ2n) is 4.16. The third-order valence-corrected chi connectivity index (χ3v) is 3.49. The summed E-state index contributed by atoms with van der Waals surface area (Å²) >= 11 is 1.34. The standard InChI is InChI=1S/C12H14N6OS/c1-19-7-5-9-14-12(20-17-9)13-8-11-16-15-10-4-2-3-6-18(10)11/h2-4,6H,5,7-8H2,1H3,(H,13,14,17). The van der Waals surface area contributed by atoms with Gasteiger partial charge in [0.05, 0.1) is 13.2 Å². The van der Waals surface area contributed by atoms with Crippen molar-refractivity contribution in [3.05, 3.63) is 36.0 Å². The Kier molecular flexibility index (Phi) is 3.84. The fourth-order valence-corrected chi connectivity index (χ4v) is 2.39. The van der Waals surface area contributed by atoms with E-state index in [-0.39, 0.29) is 0 Å². The number of pyridine rings is 1. The van der Waals surface area contributed by atoms with Gasteiger partial charge >= 0.3 is 0 Å². The molecule has 0 bridgehead atoms. The minimum absolute atomic E-state index is 0.560. The number of nitrogens with zero attached hydrogens (tertiary/aromatic N) is 5. The van der Waals surface area contributed by atoms with Gasteiger partial charge in [0.2, 0.25) is 5.13 Å². The van der Waals surface area contributed by atoms with E-state index in [1.165, 1.54) is 11.5 Å². The monoisotopic (exact) mass is 290 g/mol. The van der Waals surface area contributed by atoms with Crippen molar-refractivity contribution in [2.45, 2.75) is 13.0 Å². The van der Waals surface area contributed by atoms with E-state index in [1.54, 1.807) is 7.11 Å². The highest BCUT2D eigenvalue weighted by atomic mass is 32.1. The predicted molar refractivity (Wildman–Crippen MR) is 75.8 cm³/mol. The smallest absolute Gasteiger partial charge is 0.202 e. The van der Waals surface area contributed by atoms with Crippen LogP contribution in [0.1, 0.15) is 11.6 Å². The van der Waals surface area contributed by atoms with Crippen molar-refractivity contribution in [2.75, 3.05) is 19.0 Å². The Labute approximate surface area is 119 Å². The minimum atomic E-state index is 0.560. The van der Waals surface area contributed by atoms with Crippen molar-refractivity contribution in [2.24, 2.45) is 0 Å². The maximum Gasteiger partial charge on any atom is 0.202 e. The average Bonchev–Trinajstić information content (AvgIpc) is 3.10. The van der Waals surface area contributed by atoms with E-state index < -0.39 is 0 Å². The molecule has 3 heterocycles. The molecule has 0 saturated carbocycles. The number of fused-ring (bicyclic) bond motifs is 1. The number of ether oxygens (including phenoxy) is 1. The maximum absolute atomic E-state index is 5.00. The number of hydrogen-bond donors (Lipinski definition) is 1. The first-order chi connectivity index (χ1) is 9.86. The van der Waals surface area contributed by atoms with Crippen molar-refractivity contribution < 1.29 is 4.74 Å². The van der Waals surface area contributed by atoms with Crippen molar-refractivity contribution in [1.82, 2.24) is 24.0 Å². The number of aromatic nitrogens is 5. The van der Waals surface area contributed by atoms with Crippen LogP contribution in [0.25, 0.3) is 5.65 Å². The molecule has 0 saturated heterocycles. The van der Waals surface area contributed by atoms with Gasteiger partial charge < -0.3 is 10.1 Å². The van der Waals surface area contributed by atoms with Gasteiger partial charge in [0.1, 0.15) is 5.82 Å². The van der Waals surface area contributed by atoms with Gasteiger partial charge in [-0.05, 0) is 12.1 Å². The Bertz CT molecular complexity index is 694. The van der Waals surface area contributed by atoms with Gasteiger partial charge in [-0.2, -0.15) is 4.37 Å². The van der Waals surface area contributed by atoms with Crippen LogP contribution in [0.3, 0.4) is 0 Å². The fraction of sp³-hybridized carbons (Fsp3) is 0.333. The van der Waals surface area contributed by atoms with Gasteiger partial charge in [-0.25, -0.2) is 4.98 Å². The molecular formula is C12H14N6OS. The van der Waals surface area contributed by atoms with Gasteiger partial charge in [0.15, 0.2) is 11.5 Å². The van der Waals surface area contributed by atoms with E-state index in [1.807, 2.05) is 28.8 Å². The summed E-state index contributed by atoms with van der Waals surface area (Å²) in [6, 6.07) is 5.81. The Balaban J connectivity index is 1.65. The van der Waals surface area contributed by atoms with Crippen LogP contribution in [0.15, 0.2) is 24.4 Å². The lowest BCUT2D eigenvalue weighted by atomic mass is 10.4. The highest BCUT2D eigenvalue weighted by Crippen LogP contribution is 2.13. The Hall–Kier alpha value is -2.06. The molecule has 3 aromatic heterocycles. The summed E-state index contributed by atoms with van der Waals surface area (Å²) in [4.78, 5) is 4.39. The largest absolute Gasteiger partial charge is 0.384 e. The van der Waals surface area contributed by atoms with Gasteiger partial charge in [-0.1, -0.05) is 6.07 Å². The molecule has 7 nitrogen and oxygen atoms in total. The molecule has 0 amide bonds. The molecule has 0 atom stereocenters. The number of hydrogen-bond acceptors (Lipinski definition) is 7. The molecule has 0 aliphatic heterocycles. The van der Waals surface area contributed by atoms with Gasteiger partial charge in [-0.15, -0.1) is 10.2 Å². The number of anilines is 1. The lowest BCUT2D eigenvalue weighted by molar-refractivity contribution is 0.201. The quantitative estimate of drug-likeness (QED) is 0.739. The molecular weight excluding hydrogens is 276 g/mol. The maximum atomic E-state index is 5.00. The second-order valence-corrected chi connectivity index (χ2v) is 4.91. The molecule has 3 rings (SSSR count). The first-order valence-corrected chi connectivity index (χ1v) is 6.98. The molecule has 0 aliphatic rings. The lowest BCUT2D eigenvalue weighted by Crippen LogP contribution is -2.04. The molecule has 20 heavy (non-hydrogen) atoms. The lowest BCUT2D eigenvalue weighted by Gasteiger charge is -2.00. The summed E-state index contributed by atoms with van der Waals surface area (Å²) in [6.07, 6.45) is 2.67. The molecule has 0 fully saturated rings. The summed E-state index contributed by atoms with van der Waals surface area (Å²) in [6.45, 7) is 1.19. The Morgan fingerprint density at radius 1 is 1.35 bits per heavy atom. The summed E-state index contributed by atoms with van der Waals surface area (Å²) in [7, 11) is 1.67. The van der Waals surface area contributed by atoms with Crippen molar-refractivity contribution in [3.63, 3.8) is 0 Å². The van der Waals surface area contributed by atoms with E-state index in [4.69, 9.17) is 4.74 Å². The number of nitrogens with one attached hydrogen (secondary N) is 1. The first-order valence-electron chi connectivity index (χ1n) is 6.21. The molecule has 0 aliphatic carbocycles. The Morgan fingerprint density at radius 3 is 3.20 bits per heavy atom.